The van der Waals surface area contributed by atoms with Gasteiger partial charge in [-0.25, -0.2) is 0 Å². The van der Waals surface area contributed by atoms with Crippen molar-refractivity contribution in [1.29, 1.82) is 0 Å². The first-order valence-electron chi connectivity index (χ1n) is 11.2. The second-order valence-corrected chi connectivity index (χ2v) is 8.09. The standard InChI is InChI=1S/C23H44N2O/c1-24-20-17-19-23(22-24)18-15-13-11-9-7-5-4-6-8-10-12-14-16-21-25(2)26-3/h17,19-20H,4-16,18,21-22H2,1-3H3/p+1. The summed E-state index contributed by atoms with van der Waals surface area (Å²) in [5.74, 6) is 0. The smallest absolute Gasteiger partial charge is 0.103 e. The van der Waals surface area contributed by atoms with E-state index in [4.69, 9.17) is 4.84 Å². The molecule has 0 saturated heterocycles. The van der Waals surface area contributed by atoms with Crippen LogP contribution in [0.4, 0.5) is 0 Å². The summed E-state index contributed by atoms with van der Waals surface area (Å²) in [6, 6.07) is 0. The predicted molar refractivity (Wildman–Crippen MR) is 113 cm³/mol. The van der Waals surface area contributed by atoms with Crippen LogP contribution in [0, 0.1) is 0 Å². The normalized spacial score (nSPS) is 17.1. The number of hydroxylamine groups is 2. The molecule has 3 nitrogen and oxygen atoms in total. The molecular weight excluding hydrogens is 320 g/mol. The van der Waals surface area contributed by atoms with Gasteiger partial charge in [0.2, 0.25) is 0 Å². The lowest BCUT2D eigenvalue weighted by atomic mass is 10.0. The van der Waals surface area contributed by atoms with Gasteiger partial charge < -0.3 is 9.74 Å². The van der Waals surface area contributed by atoms with Crippen molar-refractivity contribution in [3.63, 3.8) is 0 Å². The minimum atomic E-state index is 1.06. The van der Waals surface area contributed by atoms with Crippen LogP contribution in [-0.2, 0) is 4.84 Å². The van der Waals surface area contributed by atoms with E-state index in [2.05, 4.69) is 25.4 Å². The first kappa shape index (κ1) is 23.4. The van der Waals surface area contributed by atoms with E-state index in [1.54, 1.807) is 12.7 Å². The molecule has 1 atom stereocenters. The van der Waals surface area contributed by atoms with E-state index in [1.165, 1.54) is 101 Å². The number of hydrogen-bond donors (Lipinski definition) is 1. The predicted octanol–water partition coefficient (Wildman–Crippen LogP) is 4.91. The van der Waals surface area contributed by atoms with Gasteiger partial charge in [-0.3, -0.25) is 0 Å². The second kappa shape index (κ2) is 16.5. The van der Waals surface area contributed by atoms with E-state index in [9.17, 15) is 0 Å². The van der Waals surface area contributed by atoms with E-state index < -0.39 is 0 Å². The van der Waals surface area contributed by atoms with Crippen molar-refractivity contribution in [2.24, 2.45) is 0 Å². The molecule has 0 bridgehead atoms. The first-order valence-corrected chi connectivity index (χ1v) is 11.2. The number of hydrogen-bond acceptors (Lipinski definition) is 2. The molecule has 1 heterocycles. The highest BCUT2D eigenvalue weighted by molar-refractivity contribution is 5.13. The molecule has 152 valence electrons. The maximum absolute atomic E-state index is 5.12. The molecule has 1 rings (SSSR count). The first-order chi connectivity index (χ1) is 12.7. The van der Waals surface area contributed by atoms with Crippen molar-refractivity contribution >= 4 is 0 Å². The largest absolute Gasteiger partial charge is 0.308 e. The van der Waals surface area contributed by atoms with E-state index >= 15 is 0 Å². The highest BCUT2D eigenvalue weighted by Gasteiger charge is 2.06. The molecule has 0 aromatic heterocycles. The van der Waals surface area contributed by atoms with Gasteiger partial charge in [-0.2, -0.15) is 5.06 Å². The molecule has 0 fully saturated rings. The molecule has 1 aliphatic heterocycles. The number of nitrogens with one attached hydrogen (secondary N) is 1. The topological polar surface area (TPSA) is 16.9 Å². The fourth-order valence-corrected chi connectivity index (χ4v) is 3.72. The lowest BCUT2D eigenvalue weighted by molar-refractivity contribution is -0.820. The maximum Gasteiger partial charge on any atom is 0.103 e. The Balaban J connectivity index is 1.73. The number of unbranched alkanes of at least 4 members (excludes halogenated alkanes) is 12. The summed E-state index contributed by atoms with van der Waals surface area (Å²) in [7, 11) is 5.99. The third-order valence-corrected chi connectivity index (χ3v) is 5.50. The Kier molecular flexibility index (Phi) is 14.9. The van der Waals surface area contributed by atoms with Crippen LogP contribution < -0.4 is 4.90 Å². The zero-order valence-electron chi connectivity index (χ0n) is 17.9. The molecule has 0 aliphatic carbocycles. The molecule has 0 saturated carbocycles. The molecule has 1 aliphatic rings. The van der Waals surface area contributed by atoms with Crippen LogP contribution in [0.25, 0.3) is 0 Å². The number of rotatable bonds is 17. The van der Waals surface area contributed by atoms with Crippen molar-refractivity contribution in [3.05, 3.63) is 23.9 Å². The fraction of sp³-hybridized carbons (Fsp3) is 0.826. The van der Waals surface area contributed by atoms with Crippen LogP contribution in [0.1, 0.15) is 89.9 Å². The highest BCUT2D eigenvalue weighted by Crippen LogP contribution is 2.14. The third-order valence-electron chi connectivity index (χ3n) is 5.50. The molecule has 0 amide bonds. The molecule has 0 spiro atoms. The van der Waals surface area contributed by atoms with Crippen molar-refractivity contribution in [1.82, 2.24) is 5.06 Å². The fourth-order valence-electron chi connectivity index (χ4n) is 3.72. The summed E-state index contributed by atoms with van der Waals surface area (Å²) < 4.78 is 0. The molecule has 1 N–H and O–H groups in total. The minimum Gasteiger partial charge on any atom is -0.308 e. The van der Waals surface area contributed by atoms with Crippen LogP contribution in [0.2, 0.25) is 0 Å². The van der Waals surface area contributed by atoms with Crippen molar-refractivity contribution in [3.8, 4) is 0 Å². The number of nitrogens with zero attached hydrogens (tertiary/aromatic N) is 1. The monoisotopic (exact) mass is 365 g/mol. The zero-order valence-corrected chi connectivity index (χ0v) is 17.9. The minimum absolute atomic E-state index is 1.06. The van der Waals surface area contributed by atoms with Crippen LogP contribution in [0.3, 0.4) is 0 Å². The van der Waals surface area contributed by atoms with Crippen LogP contribution >= 0.6 is 0 Å². The average molecular weight is 366 g/mol. The van der Waals surface area contributed by atoms with Crippen LogP contribution in [0.15, 0.2) is 23.9 Å². The Hall–Kier alpha value is -0.640. The van der Waals surface area contributed by atoms with E-state index in [1.807, 2.05) is 12.1 Å². The van der Waals surface area contributed by atoms with Gasteiger partial charge in [-0.15, -0.1) is 0 Å². The molecule has 0 aromatic rings. The van der Waals surface area contributed by atoms with Crippen molar-refractivity contribution < 1.29 is 9.74 Å². The van der Waals surface area contributed by atoms with Gasteiger partial charge in [0, 0.05) is 13.6 Å². The lowest BCUT2D eigenvalue weighted by Crippen LogP contribution is -3.04. The highest BCUT2D eigenvalue weighted by atomic mass is 16.7. The Labute approximate surface area is 163 Å². The summed E-state index contributed by atoms with van der Waals surface area (Å²) in [6.45, 7) is 2.27. The van der Waals surface area contributed by atoms with Crippen molar-refractivity contribution in [2.45, 2.75) is 89.9 Å². The van der Waals surface area contributed by atoms with Gasteiger partial charge in [0.1, 0.15) is 6.54 Å². The third kappa shape index (κ3) is 13.5. The van der Waals surface area contributed by atoms with Crippen LogP contribution in [0.5, 0.6) is 0 Å². The summed E-state index contributed by atoms with van der Waals surface area (Å²) in [4.78, 5) is 6.64. The van der Waals surface area contributed by atoms with E-state index in [0.29, 0.717) is 0 Å². The van der Waals surface area contributed by atoms with Crippen molar-refractivity contribution in [2.75, 3.05) is 34.3 Å². The Morgan fingerprint density at radius 2 is 1.35 bits per heavy atom. The Bertz CT molecular complexity index is 378. The van der Waals surface area contributed by atoms with E-state index in [0.717, 1.165) is 6.54 Å². The maximum atomic E-state index is 5.12. The van der Waals surface area contributed by atoms with Gasteiger partial charge in [-0.1, -0.05) is 76.7 Å². The number of likely N-dealkylation sites (N-methyl/N-ethyl adjacent to an activating group) is 1. The van der Waals surface area contributed by atoms with Crippen LogP contribution in [-0.4, -0.2) is 39.4 Å². The lowest BCUT2D eigenvalue weighted by Gasteiger charge is -2.14. The second-order valence-electron chi connectivity index (χ2n) is 8.09. The zero-order chi connectivity index (χ0) is 18.9. The SMILES string of the molecule is CON(C)CCCCCCCCCCCCCCCC1=CC=C[NH+](C)C1. The molecule has 0 aromatic carbocycles. The van der Waals surface area contributed by atoms with E-state index in [-0.39, 0.29) is 0 Å². The average Bonchev–Trinajstić information content (AvgIpc) is 2.64. The van der Waals surface area contributed by atoms with Gasteiger partial charge in [-0.05, 0) is 30.9 Å². The number of allylic oxidation sites excluding steroid dienone is 2. The summed E-state index contributed by atoms with van der Waals surface area (Å²) in [6.07, 6.45) is 26.4. The van der Waals surface area contributed by atoms with Gasteiger partial charge in [0.15, 0.2) is 0 Å². The molecule has 3 heteroatoms. The molecule has 26 heavy (non-hydrogen) atoms. The quantitative estimate of drug-likeness (QED) is 0.291. The Morgan fingerprint density at radius 3 is 1.85 bits per heavy atom. The number of quaternary nitrogens is 1. The molecule has 1 unspecified atom stereocenters. The van der Waals surface area contributed by atoms with Gasteiger partial charge in [0.25, 0.3) is 0 Å². The van der Waals surface area contributed by atoms with Gasteiger partial charge >= 0.3 is 0 Å². The summed E-state index contributed by atoms with van der Waals surface area (Å²) in [5.41, 5.74) is 1.63. The molecular formula is C23H45N2O+. The van der Waals surface area contributed by atoms with Gasteiger partial charge in [0.05, 0.1) is 20.4 Å². The Morgan fingerprint density at radius 1 is 0.846 bits per heavy atom. The molecule has 0 radical (unpaired) electrons. The summed E-state index contributed by atoms with van der Waals surface area (Å²) >= 11 is 0. The summed E-state index contributed by atoms with van der Waals surface area (Å²) in [5, 5.41) is 1.92.